The average molecular weight is 248 g/mol. The van der Waals surface area contributed by atoms with E-state index in [1.54, 1.807) is 13.0 Å². The molecule has 0 spiro atoms. The Hall–Kier alpha value is -0.610. The number of rotatable bonds is 2. The molecule has 1 unspecified atom stereocenters. The molecule has 0 fully saturated rings. The Kier molecular flexibility index (Phi) is 3.27. The Morgan fingerprint density at radius 1 is 1.54 bits per heavy atom. The van der Waals surface area contributed by atoms with E-state index in [4.69, 9.17) is 10.5 Å². The Balaban J connectivity index is 3.22. The molecule has 2 nitrogen and oxygen atoms in total. The molecule has 0 aromatic heterocycles. The average Bonchev–Trinajstić information content (AvgIpc) is 2.03. The predicted octanol–water partition coefficient (Wildman–Crippen LogP) is 2.62. The highest BCUT2D eigenvalue weighted by molar-refractivity contribution is 9.10. The van der Waals surface area contributed by atoms with Gasteiger partial charge in [0.25, 0.3) is 0 Å². The standard InChI is InChI=1S/C9H11BrFNO/c1-5(12)6-3-9(13-2)7(10)4-8(6)11/h3-5H,12H2,1-2H3. The Morgan fingerprint density at radius 3 is 2.62 bits per heavy atom. The molecule has 2 N–H and O–H groups in total. The first-order chi connectivity index (χ1) is 6.06. The molecule has 0 aliphatic heterocycles. The number of ether oxygens (including phenoxy) is 1. The van der Waals surface area contributed by atoms with Crippen LogP contribution in [0.3, 0.4) is 0 Å². The van der Waals surface area contributed by atoms with Gasteiger partial charge >= 0.3 is 0 Å². The molecule has 0 aliphatic rings. The molecule has 1 atom stereocenters. The number of hydrogen-bond acceptors (Lipinski definition) is 2. The minimum absolute atomic E-state index is 0.317. The molecule has 0 saturated carbocycles. The van der Waals surface area contributed by atoms with E-state index in [0.29, 0.717) is 15.8 Å². The Labute approximate surface area is 85.0 Å². The summed E-state index contributed by atoms with van der Waals surface area (Å²) in [6, 6.07) is 2.63. The number of benzene rings is 1. The quantitative estimate of drug-likeness (QED) is 0.873. The van der Waals surface area contributed by atoms with E-state index in [0.717, 1.165) is 0 Å². The van der Waals surface area contributed by atoms with Crippen LogP contribution in [0.4, 0.5) is 4.39 Å². The topological polar surface area (TPSA) is 35.2 Å². The van der Waals surface area contributed by atoms with Gasteiger partial charge in [0.2, 0.25) is 0 Å². The summed E-state index contributed by atoms with van der Waals surface area (Å²) < 4.78 is 18.9. The summed E-state index contributed by atoms with van der Waals surface area (Å²) in [4.78, 5) is 0. The first-order valence-electron chi connectivity index (χ1n) is 3.84. The fourth-order valence-corrected chi connectivity index (χ4v) is 1.53. The third-order valence-corrected chi connectivity index (χ3v) is 2.38. The molecular formula is C9H11BrFNO. The molecule has 0 heterocycles. The lowest BCUT2D eigenvalue weighted by Crippen LogP contribution is -2.07. The van der Waals surface area contributed by atoms with Crippen molar-refractivity contribution in [2.45, 2.75) is 13.0 Å². The van der Waals surface area contributed by atoms with E-state index in [-0.39, 0.29) is 11.9 Å². The van der Waals surface area contributed by atoms with Gasteiger partial charge in [0.15, 0.2) is 0 Å². The van der Waals surface area contributed by atoms with Gasteiger partial charge in [-0.3, -0.25) is 0 Å². The van der Waals surface area contributed by atoms with Gasteiger partial charge in [0.05, 0.1) is 11.6 Å². The number of hydrogen-bond donors (Lipinski definition) is 1. The van der Waals surface area contributed by atoms with Gasteiger partial charge in [0, 0.05) is 11.6 Å². The van der Waals surface area contributed by atoms with Crippen molar-refractivity contribution in [3.8, 4) is 5.75 Å². The van der Waals surface area contributed by atoms with Crippen molar-refractivity contribution in [3.63, 3.8) is 0 Å². The highest BCUT2D eigenvalue weighted by Gasteiger charge is 2.11. The van der Waals surface area contributed by atoms with Gasteiger partial charge in [-0.15, -0.1) is 0 Å². The zero-order valence-corrected chi connectivity index (χ0v) is 9.06. The number of nitrogens with two attached hydrogens (primary N) is 1. The zero-order valence-electron chi connectivity index (χ0n) is 7.47. The number of methoxy groups -OCH3 is 1. The van der Waals surface area contributed by atoms with Gasteiger partial charge in [-0.05, 0) is 35.0 Å². The molecule has 0 radical (unpaired) electrons. The third-order valence-electron chi connectivity index (χ3n) is 1.76. The van der Waals surface area contributed by atoms with Crippen molar-refractivity contribution < 1.29 is 9.13 Å². The highest BCUT2D eigenvalue weighted by Crippen LogP contribution is 2.29. The van der Waals surface area contributed by atoms with Crippen LogP contribution in [-0.2, 0) is 0 Å². The van der Waals surface area contributed by atoms with Crippen molar-refractivity contribution in [3.05, 3.63) is 28.0 Å². The van der Waals surface area contributed by atoms with Gasteiger partial charge < -0.3 is 10.5 Å². The Bertz CT molecular complexity index is 315. The maximum atomic E-state index is 13.3. The summed E-state index contributed by atoms with van der Waals surface area (Å²) in [7, 11) is 1.53. The van der Waals surface area contributed by atoms with Crippen molar-refractivity contribution >= 4 is 15.9 Å². The van der Waals surface area contributed by atoms with Crippen LogP contribution in [0.15, 0.2) is 16.6 Å². The lowest BCUT2D eigenvalue weighted by atomic mass is 10.1. The van der Waals surface area contributed by atoms with Gasteiger partial charge in [-0.1, -0.05) is 0 Å². The molecule has 0 aliphatic carbocycles. The fourth-order valence-electron chi connectivity index (χ4n) is 1.05. The third kappa shape index (κ3) is 2.19. The summed E-state index contributed by atoms with van der Waals surface area (Å²) in [5.74, 6) is 0.274. The summed E-state index contributed by atoms with van der Waals surface area (Å²) in [6.07, 6.45) is 0. The van der Waals surface area contributed by atoms with E-state index in [9.17, 15) is 4.39 Å². The maximum Gasteiger partial charge on any atom is 0.133 e. The molecule has 0 amide bonds. The first-order valence-corrected chi connectivity index (χ1v) is 4.64. The van der Waals surface area contributed by atoms with Crippen molar-refractivity contribution in [1.82, 2.24) is 0 Å². The lowest BCUT2D eigenvalue weighted by molar-refractivity contribution is 0.409. The zero-order chi connectivity index (χ0) is 10.0. The largest absolute Gasteiger partial charge is 0.496 e. The van der Waals surface area contributed by atoms with E-state index < -0.39 is 0 Å². The summed E-state index contributed by atoms with van der Waals surface area (Å²) in [5, 5.41) is 0. The highest BCUT2D eigenvalue weighted by atomic mass is 79.9. The SMILES string of the molecule is COc1cc(C(C)N)c(F)cc1Br. The van der Waals surface area contributed by atoms with Crippen LogP contribution < -0.4 is 10.5 Å². The van der Waals surface area contributed by atoms with Crippen LogP contribution in [0, 0.1) is 5.82 Å². The van der Waals surface area contributed by atoms with Crippen LogP contribution in [0.2, 0.25) is 0 Å². The smallest absolute Gasteiger partial charge is 0.133 e. The summed E-state index contributed by atoms with van der Waals surface area (Å²) in [6.45, 7) is 1.73. The normalized spacial score (nSPS) is 12.7. The van der Waals surface area contributed by atoms with Crippen LogP contribution in [0.25, 0.3) is 0 Å². The van der Waals surface area contributed by atoms with E-state index in [1.165, 1.54) is 13.2 Å². The maximum absolute atomic E-state index is 13.3. The molecule has 0 saturated heterocycles. The van der Waals surface area contributed by atoms with Crippen LogP contribution in [-0.4, -0.2) is 7.11 Å². The second-order valence-electron chi connectivity index (χ2n) is 2.80. The van der Waals surface area contributed by atoms with Gasteiger partial charge in [-0.2, -0.15) is 0 Å². The molecule has 1 aromatic rings. The molecule has 0 bridgehead atoms. The van der Waals surface area contributed by atoms with Gasteiger partial charge in [0.1, 0.15) is 11.6 Å². The summed E-state index contributed by atoms with van der Waals surface area (Å²) in [5.41, 5.74) is 6.04. The van der Waals surface area contributed by atoms with E-state index in [1.807, 2.05) is 0 Å². The minimum atomic E-state index is -0.331. The minimum Gasteiger partial charge on any atom is -0.496 e. The van der Waals surface area contributed by atoms with Crippen molar-refractivity contribution in [2.75, 3.05) is 7.11 Å². The molecule has 72 valence electrons. The first kappa shape index (κ1) is 10.5. The van der Waals surface area contributed by atoms with Crippen LogP contribution in [0.5, 0.6) is 5.75 Å². The van der Waals surface area contributed by atoms with Crippen molar-refractivity contribution in [2.24, 2.45) is 5.73 Å². The molecule has 1 aromatic carbocycles. The van der Waals surface area contributed by atoms with Crippen LogP contribution in [0.1, 0.15) is 18.5 Å². The number of halogens is 2. The Morgan fingerprint density at radius 2 is 2.15 bits per heavy atom. The van der Waals surface area contributed by atoms with E-state index in [2.05, 4.69) is 15.9 Å². The lowest BCUT2D eigenvalue weighted by Gasteiger charge is -2.10. The van der Waals surface area contributed by atoms with E-state index >= 15 is 0 Å². The molecule has 1 rings (SSSR count). The summed E-state index contributed by atoms with van der Waals surface area (Å²) >= 11 is 3.18. The monoisotopic (exact) mass is 247 g/mol. The second-order valence-corrected chi connectivity index (χ2v) is 3.65. The molecular weight excluding hydrogens is 237 g/mol. The predicted molar refractivity (Wildman–Crippen MR) is 53.3 cm³/mol. The fraction of sp³-hybridized carbons (Fsp3) is 0.333. The van der Waals surface area contributed by atoms with Crippen molar-refractivity contribution in [1.29, 1.82) is 0 Å². The van der Waals surface area contributed by atoms with Crippen LogP contribution >= 0.6 is 15.9 Å². The molecule has 4 heteroatoms. The second kappa shape index (κ2) is 4.07. The molecule has 13 heavy (non-hydrogen) atoms. The van der Waals surface area contributed by atoms with Gasteiger partial charge in [-0.25, -0.2) is 4.39 Å².